The van der Waals surface area contributed by atoms with Gasteiger partial charge in [0.25, 0.3) is 0 Å². The van der Waals surface area contributed by atoms with Crippen LogP contribution in [0.5, 0.6) is 0 Å². The molecular formula is C48H80ClNO4. The van der Waals surface area contributed by atoms with Crippen LogP contribution in [-0.2, 0) is 19.1 Å². The molecule has 0 aliphatic heterocycles. The van der Waals surface area contributed by atoms with Gasteiger partial charge in [0.2, 0.25) is 0 Å². The highest BCUT2D eigenvalue weighted by molar-refractivity contribution is 6.18. The van der Waals surface area contributed by atoms with E-state index in [-0.39, 0.29) is 10.8 Å². The Morgan fingerprint density at radius 3 is 1.96 bits per heavy atom. The molecule has 6 heteroatoms. The number of ether oxygens (including phenoxy) is 2. The Bertz CT molecular complexity index is 1350. The fourth-order valence-corrected chi connectivity index (χ4v) is 13.6. The summed E-state index contributed by atoms with van der Waals surface area (Å²) in [6.45, 7) is 27.0. The molecule has 0 bridgehead atoms. The van der Waals surface area contributed by atoms with Crippen molar-refractivity contribution in [2.45, 2.75) is 170 Å². The fourth-order valence-electron chi connectivity index (χ4n) is 13.5. The molecule has 5 unspecified atom stereocenters. The minimum Gasteiger partial charge on any atom is -0.382 e. The van der Waals surface area contributed by atoms with Crippen LogP contribution < -0.4 is 5.32 Å². The summed E-state index contributed by atoms with van der Waals surface area (Å²) in [7, 11) is 3.40. The highest BCUT2D eigenvalue weighted by atomic mass is 35.5. The zero-order chi connectivity index (χ0) is 40.3. The second-order valence-corrected chi connectivity index (χ2v) is 21.0. The van der Waals surface area contributed by atoms with Crippen LogP contribution in [0.2, 0.25) is 0 Å². The van der Waals surface area contributed by atoms with Crippen molar-refractivity contribution in [1.29, 1.82) is 0 Å². The number of rotatable bonds is 8. The van der Waals surface area contributed by atoms with Crippen LogP contribution >= 0.6 is 11.6 Å². The average molecular weight is 771 g/mol. The molecular weight excluding hydrogens is 690 g/mol. The first-order chi connectivity index (χ1) is 25.3. The van der Waals surface area contributed by atoms with E-state index in [1.54, 1.807) is 19.8 Å². The zero-order valence-electron chi connectivity index (χ0n) is 36.7. The van der Waals surface area contributed by atoms with Gasteiger partial charge in [-0.05, 0) is 181 Å². The monoisotopic (exact) mass is 770 g/mol. The maximum atomic E-state index is 11.5. The second kappa shape index (κ2) is 17.7. The molecule has 54 heavy (non-hydrogen) atoms. The van der Waals surface area contributed by atoms with Crippen molar-refractivity contribution in [2.24, 2.45) is 56.7 Å². The van der Waals surface area contributed by atoms with E-state index in [9.17, 15) is 9.59 Å². The molecule has 8 atom stereocenters. The normalized spacial score (nSPS) is 37.3. The summed E-state index contributed by atoms with van der Waals surface area (Å²) < 4.78 is 9.50. The Morgan fingerprint density at radius 2 is 1.44 bits per heavy atom. The summed E-state index contributed by atoms with van der Waals surface area (Å²) in [6, 6.07) is 0. The van der Waals surface area contributed by atoms with E-state index in [4.69, 9.17) is 21.1 Å². The Morgan fingerprint density at radius 1 is 0.870 bits per heavy atom. The molecule has 0 aromatic rings. The maximum absolute atomic E-state index is 11.5. The number of aldehydes is 2. The Labute approximate surface area is 336 Å². The summed E-state index contributed by atoms with van der Waals surface area (Å²) >= 11 is 6.16. The lowest BCUT2D eigenvalue weighted by Crippen LogP contribution is -2.63. The lowest BCUT2D eigenvalue weighted by molar-refractivity contribution is -0.175. The number of methoxy groups -OCH3 is 2. The summed E-state index contributed by atoms with van der Waals surface area (Å²) in [6.07, 6.45) is 23.9. The van der Waals surface area contributed by atoms with Gasteiger partial charge in [-0.1, -0.05) is 51.8 Å². The molecule has 1 spiro atoms. The predicted octanol–water partition coefficient (Wildman–Crippen LogP) is 11.7. The van der Waals surface area contributed by atoms with E-state index in [2.05, 4.69) is 51.7 Å². The lowest BCUT2D eigenvalue weighted by atomic mass is 9.36. The van der Waals surface area contributed by atoms with Crippen molar-refractivity contribution in [1.82, 2.24) is 5.32 Å². The van der Waals surface area contributed by atoms with Crippen molar-refractivity contribution < 1.29 is 19.1 Å². The SMILES string of the molecule is C=C(C)C.CC1(C)C(C2=CC3(C2)CC(C=O)(C=O)C3)=CCC2(C)[C@H]1CCC1(C)C3CCC4(NCCCl)CCC[C@@H]4C3CC[C@@H]12.COC(C)C.COC(C)C. The first-order valence-corrected chi connectivity index (χ1v) is 22.2. The van der Waals surface area contributed by atoms with Crippen LogP contribution in [0.15, 0.2) is 35.5 Å². The molecule has 0 saturated heterocycles. The standard InChI is InChI=1S/C36H52ClNO2.2C4H10O.C4H8/c1-31(2)26(24-18-34(19-24)20-35(21-34,22-39)23-40)9-13-33(4)29(31)11-14-32(3)27-10-15-36(38-17-16-37)12-5-6-28(36)25(27)7-8-30(32)33;2*1-4(2)5-3;1-4(2)3/h9,18,22-23,25,27-30,38H,5-8,10-17,19-21H2,1-4H3;2*4H,1-3H3;1H2,2-3H3/t25?,27?,28-,29+,30+,32?,33?,36?;;;/m1.../s1. The third-order valence-corrected chi connectivity index (χ3v) is 16.0. The van der Waals surface area contributed by atoms with E-state index in [0.29, 0.717) is 28.6 Å². The van der Waals surface area contributed by atoms with Gasteiger partial charge in [0.1, 0.15) is 12.6 Å². The summed E-state index contributed by atoms with van der Waals surface area (Å²) in [5.41, 5.74) is 5.05. The maximum Gasteiger partial charge on any atom is 0.133 e. The summed E-state index contributed by atoms with van der Waals surface area (Å²) in [5, 5.41) is 4.00. The van der Waals surface area contributed by atoms with Crippen LogP contribution in [0.1, 0.15) is 153 Å². The van der Waals surface area contributed by atoms with Gasteiger partial charge in [0.05, 0.1) is 17.6 Å². The van der Waals surface area contributed by atoms with Crippen LogP contribution in [0.25, 0.3) is 0 Å². The van der Waals surface area contributed by atoms with Gasteiger partial charge in [-0.2, -0.15) is 0 Å². The third-order valence-electron chi connectivity index (χ3n) is 15.8. The van der Waals surface area contributed by atoms with Gasteiger partial charge < -0.3 is 24.4 Å². The van der Waals surface area contributed by atoms with Gasteiger partial charge in [0.15, 0.2) is 0 Å². The Balaban J connectivity index is 0.000000400. The molecule has 5 fully saturated rings. The van der Waals surface area contributed by atoms with Crippen LogP contribution in [0, 0.1) is 56.7 Å². The number of hydrogen-bond acceptors (Lipinski definition) is 5. The first kappa shape index (κ1) is 45.4. The van der Waals surface area contributed by atoms with Crippen molar-refractivity contribution >= 4 is 24.2 Å². The van der Waals surface area contributed by atoms with E-state index < -0.39 is 5.41 Å². The van der Waals surface area contributed by atoms with Gasteiger partial charge >= 0.3 is 0 Å². The number of hydrogen-bond donors (Lipinski definition) is 1. The van der Waals surface area contributed by atoms with E-state index in [1.165, 1.54) is 75.4 Å². The molecule has 0 heterocycles. The highest BCUT2D eigenvalue weighted by Gasteiger charge is 2.66. The fraction of sp³-hybridized carbons (Fsp3) is 0.833. The smallest absolute Gasteiger partial charge is 0.133 e. The van der Waals surface area contributed by atoms with Crippen molar-refractivity contribution in [2.75, 3.05) is 26.6 Å². The Kier molecular flexibility index (Phi) is 14.9. The van der Waals surface area contributed by atoms with Crippen LogP contribution in [0.4, 0.5) is 0 Å². The zero-order valence-corrected chi connectivity index (χ0v) is 37.4. The molecule has 7 aliphatic rings. The highest BCUT2D eigenvalue weighted by Crippen LogP contribution is 2.73. The van der Waals surface area contributed by atoms with Crippen LogP contribution in [0.3, 0.4) is 0 Å². The molecule has 0 aromatic carbocycles. The number of halogens is 1. The minimum absolute atomic E-state index is 0.105. The molecule has 1 N–H and O–H groups in total. The quantitative estimate of drug-likeness (QED) is 0.115. The molecule has 0 amide bonds. The molecule has 0 aromatic heterocycles. The van der Waals surface area contributed by atoms with Crippen molar-refractivity contribution in [3.05, 3.63) is 35.5 Å². The number of fused-ring (bicyclic) bond motifs is 7. The molecule has 0 radical (unpaired) electrons. The third kappa shape index (κ3) is 8.75. The molecule has 5 nitrogen and oxygen atoms in total. The van der Waals surface area contributed by atoms with Crippen LogP contribution in [-0.4, -0.2) is 57.0 Å². The van der Waals surface area contributed by atoms with Gasteiger partial charge in [-0.25, -0.2) is 0 Å². The second-order valence-electron chi connectivity index (χ2n) is 20.7. The largest absolute Gasteiger partial charge is 0.382 e. The first-order valence-electron chi connectivity index (χ1n) is 21.6. The topological polar surface area (TPSA) is 64.6 Å². The van der Waals surface area contributed by atoms with E-state index in [1.807, 2.05) is 41.5 Å². The molecule has 7 aliphatic carbocycles. The number of carbonyl (C=O) groups is 2. The van der Waals surface area contributed by atoms with E-state index in [0.717, 1.165) is 73.8 Å². The lowest BCUT2D eigenvalue weighted by Gasteiger charge is -2.69. The average Bonchev–Trinajstić information content (AvgIpc) is 3.52. The van der Waals surface area contributed by atoms with Gasteiger partial charge in [-0.15, -0.1) is 18.2 Å². The summed E-state index contributed by atoms with van der Waals surface area (Å²) in [5.74, 6) is 4.90. The number of alkyl halides is 1. The number of allylic oxidation sites excluding steroid dienone is 5. The van der Waals surface area contributed by atoms with E-state index >= 15 is 0 Å². The minimum atomic E-state index is -0.707. The van der Waals surface area contributed by atoms with Crippen molar-refractivity contribution in [3.63, 3.8) is 0 Å². The predicted molar refractivity (Wildman–Crippen MR) is 227 cm³/mol. The summed E-state index contributed by atoms with van der Waals surface area (Å²) in [4.78, 5) is 23.0. The van der Waals surface area contributed by atoms with Crippen molar-refractivity contribution in [3.8, 4) is 0 Å². The number of carbonyl (C=O) groups excluding carboxylic acids is 2. The van der Waals surface area contributed by atoms with Gasteiger partial charge in [0, 0.05) is 32.2 Å². The number of nitrogens with one attached hydrogen (secondary N) is 1. The van der Waals surface area contributed by atoms with Gasteiger partial charge in [-0.3, -0.25) is 0 Å². The Hall–Kier alpha value is -1.27. The molecule has 7 rings (SSSR count). The molecule has 308 valence electrons. The molecule has 5 saturated carbocycles.